The van der Waals surface area contributed by atoms with Crippen LogP contribution in [-0.2, 0) is 15.6 Å². The average molecular weight is 575 g/mol. The molecule has 0 atom stereocenters. The zero-order chi connectivity index (χ0) is 31.3. The molecular weight excluding hydrogens is 536 g/mol. The van der Waals surface area contributed by atoms with Gasteiger partial charge in [0.15, 0.2) is 5.78 Å². The number of rotatable bonds is 6. The summed E-state index contributed by atoms with van der Waals surface area (Å²) in [4.78, 5) is 40.3. The van der Waals surface area contributed by atoms with E-state index in [2.05, 4.69) is 37.5 Å². The molecule has 2 amide bonds. The van der Waals surface area contributed by atoms with E-state index in [0.29, 0.717) is 17.5 Å². The van der Waals surface area contributed by atoms with Crippen LogP contribution in [0.25, 0.3) is 0 Å². The highest BCUT2D eigenvalue weighted by atomic mass is 16.1. The summed E-state index contributed by atoms with van der Waals surface area (Å²) in [6.45, 7) is 8.49. The van der Waals surface area contributed by atoms with E-state index in [0.717, 1.165) is 45.0 Å². The number of carbonyl (C=O) groups excluding carboxylic acids is 3. The third-order valence-electron chi connectivity index (χ3n) is 8.92. The molecule has 7 nitrogen and oxygen atoms in total. The second-order valence-corrected chi connectivity index (χ2v) is 12.3. The average Bonchev–Trinajstić information content (AvgIpc) is 3.27. The standard InChI is InChI=1S/C36H38N4O3/c1-35(2)26-20-24(33(37)42)15-17-28(26)39(5)30(35)13-9-7-11-22-19-23(32(22)41)12-8-10-14-31-36(3,4)27-21-25(34(38)43)16-18-29(27)40(31)6/h7-18,20-21H,19H2,1-6H3,(H2,37,42)(H2,38,43). The molecule has 2 heterocycles. The second kappa shape index (κ2) is 10.7. The van der Waals surface area contributed by atoms with Crippen LogP contribution in [0.4, 0.5) is 11.4 Å². The van der Waals surface area contributed by atoms with Crippen molar-refractivity contribution in [3.63, 3.8) is 0 Å². The molecule has 2 aromatic rings. The third-order valence-corrected chi connectivity index (χ3v) is 8.92. The molecule has 0 radical (unpaired) electrons. The highest BCUT2D eigenvalue weighted by Gasteiger charge is 2.39. The molecule has 3 aliphatic rings. The fraction of sp³-hybridized carbons (Fsp3) is 0.250. The molecule has 1 fully saturated rings. The van der Waals surface area contributed by atoms with Crippen molar-refractivity contribution < 1.29 is 14.4 Å². The van der Waals surface area contributed by atoms with E-state index >= 15 is 0 Å². The van der Waals surface area contributed by atoms with Gasteiger partial charge in [-0.05, 0) is 59.7 Å². The lowest BCUT2D eigenvalue weighted by atomic mass is 9.82. The van der Waals surface area contributed by atoms with Crippen LogP contribution in [0.2, 0.25) is 0 Å². The minimum Gasteiger partial charge on any atom is -0.366 e. The van der Waals surface area contributed by atoms with Crippen molar-refractivity contribution >= 4 is 29.0 Å². The molecule has 1 aliphatic carbocycles. The highest BCUT2D eigenvalue weighted by molar-refractivity contribution is 6.16. The van der Waals surface area contributed by atoms with Crippen molar-refractivity contribution in [3.8, 4) is 0 Å². The Bertz CT molecular complexity index is 1620. The summed E-state index contributed by atoms with van der Waals surface area (Å²) in [5.41, 5.74) is 19.3. The van der Waals surface area contributed by atoms with E-state index in [1.54, 1.807) is 12.1 Å². The minimum absolute atomic E-state index is 0.0593. The number of amides is 2. The van der Waals surface area contributed by atoms with Gasteiger partial charge < -0.3 is 21.3 Å². The Balaban J connectivity index is 1.24. The molecule has 0 spiro atoms. The number of likely N-dealkylation sites (N-methyl/N-ethyl adjacent to an activating group) is 2. The van der Waals surface area contributed by atoms with Crippen molar-refractivity contribution in [3.05, 3.63) is 130 Å². The van der Waals surface area contributed by atoms with Crippen molar-refractivity contribution in [1.29, 1.82) is 0 Å². The monoisotopic (exact) mass is 574 g/mol. The van der Waals surface area contributed by atoms with Gasteiger partial charge >= 0.3 is 0 Å². The molecule has 7 heteroatoms. The van der Waals surface area contributed by atoms with E-state index in [9.17, 15) is 14.4 Å². The number of primary amides is 2. The number of hydrogen-bond donors (Lipinski definition) is 2. The Morgan fingerprint density at radius 3 is 1.40 bits per heavy atom. The fourth-order valence-corrected chi connectivity index (χ4v) is 6.35. The van der Waals surface area contributed by atoms with Gasteiger partial charge in [-0.3, -0.25) is 14.4 Å². The summed E-state index contributed by atoms with van der Waals surface area (Å²) in [7, 11) is 4.02. The molecule has 0 bridgehead atoms. The van der Waals surface area contributed by atoms with Crippen molar-refractivity contribution in [2.24, 2.45) is 11.5 Å². The van der Waals surface area contributed by atoms with E-state index in [-0.39, 0.29) is 16.6 Å². The van der Waals surface area contributed by atoms with Gasteiger partial charge in [-0.25, -0.2) is 0 Å². The molecule has 0 aromatic heterocycles. The number of nitrogens with zero attached hydrogens (tertiary/aromatic N) is 2. The van der Waals surface area contributed by atoms with Gasteiger partial charge in [-0.2, -0.15) is 0 Å². The Morgan fingerprint density at radius 1 is 0.674 bits per heavy atom. The predicted molar refractivity (Wildman–Crippen MR) is 173 cm³/mol. The first-order chi connectivity index (χ1) is 20.2. The van der Waals surface area contributed by atoms with Gasteiger partial charge in [0, 0.05) is 76.4 Å². The second-order valence-electron chi connectivity index (χ2n) is 12.3. The lowest BCUT2D eigenvalue weighted by Crippen LogP contribution is -2.22. The lowest BCUT2D eigenvalue weighted by molar-refractivity contribution is -0.114. The number of benzene rings is 2. The van der Waals surface area contributed by atoms with Crippen molar-refractivity contribution in [2.75, 3.05) is 23.9 Å². The number of allylic oxidation sites excluding steroid dienone is 12. The summed E-state index contributed by atoms with van der Waals surface area (Å²) in [6, 6.07) is 11.1. The zero-order valence-corrected chi connectivity index (χ0v) is 25.6. The van der Waals surface area contributed by atoms with Crippen LogP contribution in [0.5, 0.6) is 0 Å². The smallest absolute Gasteiger partial charge is 0.248 e. The van der Waals surface area contributed by atoms with Gasteiger partial charge in [0.1, 0.15) is 0 Å². The number of fused-ring (bicyclic) bond motifs is 2. The Morgan fingerprint density at radius 2 is 1.05 bits per heavy atom. The van der Waals surface area contributed by atoms with Crippen LogP contribution in [-0.4, -0.2) is 31.7 Å². The van der Waals surface area contributed by atoms with E-state index in [1.165, 1.54) is 0 Å². The number of nitrogens with two attached hydrogens (primary N) is 2. The zero-order valence-electron chi connectivity index (χ0n) is 25.6. The largest absolute Gasteiger partial charge is 0.366 e. The quantitative estimate of drug-likeness (QED) is 0.427. The topological polar surface area (TPSA) is 110 Å². The normalized spacial score (nSPS) is 22.3. The summed E-state index contributed by atoms with van der Waals surface area (Å²) in [5.74, 6) is -0.813. The maximum absolute atomic E-state index is 12.7. The Kier molecular flexibility index (Phi) is 7.38. The molecule has 1 saturated carbocycles. The molecule has 2 aliphatic heterocycles. The Hall–Kier alpha value is -4.91. The molecule has 220 valence electrons. The minimum atomic E-state index is -0.436. The van der Waals surface area contributed by atoms with Crippen LogP contribution in [0, 0.1) is 0 Å². The van der Waals surface area contributed by atoms with Gasteiger partial charge in [-0.1, -0.05) is 64.2 Å². The predicted octanol–water partition coefficient (Wildman–Crippen LogP) is 5.75. The first-order valence-electron chi connectivity index (χ1n) is 14.3. The first kappa shape index (κ1) is 29.6. The summed E-state index contributed by atoms with van der Waals surface area (Å²) < 4.78 is 0. The maximum atomic E-state index is 12.7. The van der Waals surface area contributed by atoms with E-state index in [4.69, 9.17) is 11.5 Å². The Labute approximate surface area is 253 Å². The maximum Gasteiger partial charge on any atom is 0.248 e. The van der Waals surface area contributed by atoms with Crippen LogP contribution in [0.3, 0.4) is 0 Å². The van der Waals surface area contributed by atoms with Gasteiger partial charge in [0.05, 0.1) is 0 Å². The molecule has 2 aromatic carbocycles. The molecule has 5 rings (SSSR count). The highest BCUT2D eigenvalue weighted by Crippen LogP contribution is 2.48. The number of hydrogen-bond acceptors (Lipinski definition) is 5. The molecule has 43 heavy (non-hydrogen) atoms. The molecule has 0 unspecified atom stereocenters. The summed E-state index contributed by atoms with van der Waals surface area (Å²) >= 11 is 0. The fourth-order valence-electron chi connectivity index (χ4n) is 6.35. The lowest BCUT2D eigenvalue weighted by Gasteiger charge is -2.23. The number of anilines is 2. The summed E-state index contributed by atoms with van der Waals surface area (Å²) in [6.07, 6.45) is 16.2. The third kappa shape index (κ3) is 5.05. The number of ketones is 1. The summed E-state index contributed by atoms with van der Waals surface area (Å²) in [5, 5.41) is 0. The van der Waals surface area contributed by atoms with Crippen molar-refractivity contribution in [2.45, 2.75) is 44.9 Å². The van der Waals surface area contributed by atoms with Crippen molar-refractivity contribution in [1.82, 2.24) is 0 Å². The van der Waals surface area contributed by atoms with Gasteiger partial charge in [0.25, 0.3) is 0 Å². The molecule has 0 saturated heterocycles. The molecule has 4 N–H and O–H groups in total. The van der Waals surface area contributed by atoms with E-state index < -0.39 is 11.8 Å². The number of Topliss-reactive ketones (excluding diaryl/α,β-unsaturated/α-hetero) is 1. The molecular formula is C36H38N4O3. The van der Waals surface area contributed by atoms with Crippen LogP contribution < -0.4 is 21.3 Å². The van der Waals surface area contributed by atoms with E-state index in [1.807, 2.05) is 87.0 Å². The number of carbonyl (C=O) groups is 3. The van der Waals surface area contributed by atoms with Crippen LogP contribution >= 0.6 is 0 Å². The SMILES string of the molecule is CN1C(=CC=CC=C2CC(=CC=CC=C3N(C)c4ccc(C(N)=O)cc4C3(C)C)C2=O)C(C)(C)c2cc(C(N)=O)ccc21. The van der Waals surface area contributed by atoms with Gasteiger partial charge in [-0.15, -0.1) is 0 Å². The van der Waals surface area contributed by atoms with Crippen LogP contribution in [0.15, 0.2) is 108 Å². The van der Waals surface area contributed by atoms with Gasteiger partial charge in [0.2, 0.25) is 11.8 Å². The first-order valence-corrected chi connectivity index (χ1v) is 14.3. The van der Waals surface area contributed by atoms with Crippen LogP contribution in [0.1, 0.15) is 66.0 Å².